The number of thiazole rings is 1. The molecule has 0 fully saturated rings. The van der Waals surface area contributed by atoms with Gasteiger partial charge in [0.1, 0.15) is 10.8 Å². The number of benzene rings is 2. The Morgan fingerprint density at radius 1 is 1.12 bits per heavy atom. The van der Waals surface area contributed by atoms with Crippen LogP contribution in [-0.4, -0.2) is 25.1 Å². The van der Waals surface area contributed by atoms with Gasteiger partial charge in [-0.3, -0.25) is 4.79 Å². The molecule has 2 aromatic carbocycles. The van der Waals surface area contributed by atoms with Crippen LogP contribution >= 0.6 is 22.9 Å². The Labute approximate surface area is 148 Å². The Kier molecular flexibility index (Phi) is 4.84. The van der Waals surface area contributed by atoms with Gasteiger partial charge < -0.3 is 5.32 Å². The van der Waals surface area contributed by atoms with Crippen LogP contribution < -0.4 is 5.32 Å². The van der Waals surface area contributed by atoms with Gasteiger partial charge in [0.25, 0.3) is 0 Å². The van der Waals surface area contributed by atoms with Crippen molar-refractivity contribution in [3.63, 3.8) is 0 Å². The van der Waals surface area contributed by atoms with Crippen LogP contribution in [0.2, 0.25) is 5.02 Å². The summed E-state index contributed by atoms with van der Waals surface area (Å²) < 4.78 is 25.4. The smallest absolute Gasteiger partial charge is 0.235 e. The lowest BCUT2D eigenvalue weighted by Gasteiger charge is -2.05. The lowest BCUT2D eigenvalue weighted by molar-refractivity contribution is -0.118. The van der Waals surface area contributed by atoms with Crippen LogP contribution in [0.3, 0.4) is 0 Å². The third-order valence-corrected chi connectivity index (χ3v) is 6.19. The highest BCUT2D eigenvalue weighted by atomic mass is 35.5. The zero-order chi connectivity index (χ0) is 17.2. The Bertz CT molecular complexity index is 949. The van der Waals surface area contributed by atoms with Crippen molar-refractivity contribution in [3.05, 3.63) is 58.6 Å². The van der Waals surface area contributed by atoms with Crippen LogP contribution in [0.25, 0.3) is 10.2 Å². The summed E-state index contributed by atoms with van der Waals surface area (Å²) >= 11 is 7.20. The third-order valence-electron chi connectivity index (χ3n) is 3.27. The van der Waals surface area contributed by atoms with Gasteiger partial charge in [-0.25, -0.2) is 13.4 Å². The van der Waals surface area contributed by atoms with Crippen LogP contribution in [0, 0.1) is 0 Å². The fourth-order valence-electron chi connectivity index (χ4n) is 2.12. The summed E-state index contributed by atoms with van der Waals surface area (Å²) in [6.45, 7) is 0.203. The number of halogens is 1. The van der Waals surface area contributed by atoms with Gasteiger partial charge in [-0.15, -0.1) is 11.3 Å². The van der Waals surface area contributed by atoms with Crippen LogP contribution in [-0.2, 0) is 21.2 Å². The van der Waals surface area contributed by atoms with E-state index in [2.05, 4.69) is 10.3 Å². The van der Waals surface area contributed by atoms with Gasteiger partial charge in [-0.2, -0.15) is 0 Å². The van der Waals surface area contributed by atoms with Crippen molar-refractivity contribution in [2.45, 2.75) is 11.4 Å². The number of rotatable bonds is 5. The van der Waals surface area contributed by atoms with E-state index in [0.29, 0.717) is 5.02 Å². The van der Waals surface area contributed by atoms with Crippen molar-refractivity contribution in [3.8, 4) is 0 Å². The van der Waals surface area contributed by atoms with Crippen LogP contribution in [0.4, 0.5) is 0 Å². The quantitative estimate of drug-likeness (QED) is 0.738. The number of fused-ring (bicyclic) bond motifs is 1. The standard InChI is InChI=1S/C16H13ClN2O3S2/c17-11-5-7-12(8-6-11)24(21,22)10-15(20)18-9-16-19-13-3-1-2-4-14(13)23-16/h1-8H,9-10H2,(H,18,20). The summed E-state index contributed by atoms with van der Waals surface area (Å²) in [6.07, 6.45) is 0. The molecule has 0 bridgehead atoms. The molecule has 0 radical (unpaired) electrons. The second-order valence-corrected chi connectivity index (χ2v) is 8.61. The molecule has 0 unspecified atom stereocenters. The minimum absolute atomic E-state index is 0.0713. The zero-order valence-corrected chi connectivity index (χ0v) is 14.8. The molecule has 3 rings (SSSR count). The van der Waals surface area contributed by atoms with Crippen molar-refractivity contribution in [1.82, 2.24) is 10.3 Å². The Morgan fingerprint density at radius 3 is 2.54 bits per heavy atom. The average molecular weight is 381 g/mol. The number of hydrogen-bond donors (Lipinski definition) is 1. The lowest BCUT2D eigenvalue weighted by atomic mass is 10.3. The topological polar surface area (TPSA) is 76.1 Å². The van der Waals surface area contributed by atoms with E-state index in [1.165, 1.54) is 35.6 Å². The van der Waals surface area contributed by atoms with Crippen molar-refractivity contribution in [1.29, 1.82) is 0 Å². The predicted octanol–water partition coefficient (Wildman–Crippen LogP) is 3.04. The van der Waals surface area contributed by atoms with E-state index in [1.807, 2.05) is 24.3 Å². The molecule has 1 heterocycles. The first-order valence-corrected chi connectivity index (χ1v) is 9.88. The number of aromatic nitrogens is 1. The highest BCUT2D eigenvalue weighted by Gasteiger charge is 2.19. The molecule has 1 amide bonds. The molecule has 24 heavy (non-hydrogen) atoms. The number of para-hydroxylation sites is 1. The monoisotopic (exact) mass is 380 g/mol. The zero-order valence-electron chi connectivity index (χ0n) is 12.4. The van der Waals surface area contributed by atoms with Gasteiger partial charge in [0, 0.05) is 5.02 Å². The number of nitrogens with zero attached hydrogens (tertiary/aromatic N) is 1. The van der Waals surface area contributed by atoms with Crippen LogP contribution in [0.15, 0.2) is 53.4 Å². The molecule has 0 spiro atoms. The molecule has 0 aliphatic carbocycles. The minimum Gasteiger partial charge on any atom is -0.349 e. The van der Waals surface area contributed by atoms with Gasteiger partial charge in [0.05, 0.1) is 21.7 Å². The number of nitrogens with one attached hydrogen (secondary N) is 1. The molecule has 0 aliphatic rings. The number of carbonyl (C=O) groups excluding carboxylic acids is 1. The first-order valence-electron chi connectivity index (χ1n) is 7.03. The highest BCUT2D eigenvalue weighted by Crippen LogP contribution is 2.21. The maximum Gasteiger partial charge on any atom is 0.235 e. The normalized spacial score (nSPS) is 11.5. The Morgan fingerprint density at radius 2 is 1.83 bits per heavy atom. The summed E-state index contributed by atoms with van der Waals surface area (Å²) in [5.41, 5.74) is 0.862. The van der Waals surface area contributed by atoms with Gasteiger partial charge in [0.2, 0.25) is 5.91 Å². The highest BCUT2D eigenvalue weighted by molar-refractivity contribution is 7.92. The first kappa shape index (κ1) is 16.9. The Balaban J connectivity index is 1.63. The molecular weight excluding hydrogens is 368 g/mol. The number of carbonyl (C=O) groups is 1. The molecule has 8 heteroatoms. The Hall–Kier alpha value is -1.96. The molecule has 5 nitrogen and oxygen atoms in total. The SMILES string of the molecule is O=C(CS(=O)(=O)c1ccc(Cl)cc1)NCc1nc2ccccc2s1. The number of sulfone groups is 1. The molecule has 0 aliphatic heterocycles. The van der Waals surface area contributed by atoms with E-state index >= 15 is 0 Å². The molecule has 1 N–H and O–H groups in total. The summed E-state index contributed by atoms with van der Waals surface area (Å²) in [4.78, 5) is 16.4. The first-order chi connectivity index (χ1) is 11.4. The summed E-state index contributed by atoms with van der Waals surface area (Å²) in [7, 11) is -3.69. The van der Waals surface area contributed by atoms with E-state index in [-0.39, 0.29) is 11.4 Å². The van der Waals surface area contributed by atoms with E-state index in [4.69, 9.17) is 11.6 Å². The molecule has 1 aromatic heterocycles. The maximum atomic E-state index is 12.2. The van der Waals surface area contributed by atoms with Crippen molar-refractivity contribution in [2.24, 2.45) is 0 Å². The second kappa shape index (κ2) is 6.88. The lowest BCUT2D eigenvalue weighted by Crippen LogP contribution is -2.29. The van der Waals surface area contributed by atoms with E-state index < -0.39 is 21.5 Å². The molecule has 0 atom stereocenters. The molecule has 0 saturated carbocycles. The third kappa shape index (κ3) is 3.92. The fourth-order valence-corrected chi connectivity index (χ4v) is 4.32. The van der Waals surface area contributed by atoms with Crippen molar-refractivity contribution < 1.29 is 13.2 Å². The summed E-state index contributed by atoms with van der Waals surface area (Å²) in [5, 5.41) is 3.77. The molecular formula is C16H13ClN2O3S2. The van der Waals surface area contributed by atoms with Gasteiger partial charge >= 0.3 is 0 Å². The second-order valence-electron chi connectivity index (χ2n) is 5.07. The maximum absolute atomic E-state index is 12.2. The average Bonchev–Trinajstić information content (AvgIpc) is 2.96. The largest absolute Gasteiger partial charge is 0.349 e. The summed E-state index contributed by atoms with van der Waals surface area (Å²) in [6, 6.07) is 13.4. The number of amides is 1. The van der Waals surface area contributed by atoms with Crippen molar-refractivity contribution in [2.75, 3.05) is 5.75 Å². The van der Waals surface area contributed by atoms with E-state index in [0.717, 1.165) is 15.2 Å². The van der Waals surface area contributed by atoms with Crippen LogP contribution in [0.5, 0.6) is 0 Å². The minimum atomic E-state index is -3.69. The van der Waals surface area contributed by atoms with Gasteiger partial charge in [-0.05, 0) is 36.4 Å². The molecule has 124 valence electrons. The predicted molar refractivity (Wildman–Crippen MR) is 95.0 cm³/mol. The molecule has 3 aromatic rings. The van der Waals surface area contributed by atoms with Crippen molar-refractivity contribution >= 4 is 48.9 Å². The van der Waals surface area contributed by atoms with E-state index in [9.17, 15) is 13.2 Å². The van der Waals surface area contributed by atoms with E-state index in [1.54, 1.807) is 0 Å². The summed E-state index contributed by atoms with van der Waals surface area (Å²) in [5.74, 6) is -1.18. The molecule has 0 saturated heterocycles. The van der Waals surface area contributed by atoms with Crippen LogP contribution in [0.1, 0.15) is 5.01 Å². The fraction of sp³-hybridized carbons (Fsp3) is 0.125. The van der Waals surface area contributed by atoms with Gasteiger partial charge in [-0.1, -0.05) is 23.7 Å². The number of hydrogen-bond acceptors (Lipinski definition) is 5. The van der Waals surface area contributed by atoms with Gasteiger partial charge in [0.15, 0.2) is 9.84 Å².